The van der Waals surface area contributed by atoms with Gasteiger partial charge in [0.05, 0.1) is 0 Å². The number of pyridine rings is 1. The van der Waals surface area contributed by atoms with E-state index in [4.69, 9.17) is 5.73 Å². The molecule has 0 aromatic carbocycles. The van der Waals surface area contributed by atoms with Gasteiger partial charge in [0.25, 0.3) is 0 Å². The molecular formula is C9H14N2. The minimum absolute atomic E-state index is 0.199. The predicted molar refractivity (Wildman–Crippen MR) is 46.3 cm³/mol. The Bertz CT molecular complexity index is 214. The molecule has 1 heterocycles. The van der Waals surface area contributed by atoms with Crippen LogP contribution >= 0.6 is 0 Å². The molecule has 0 radical (unpaired) electrons. The molecule has 1 aromatic rings. The molecule has 0 saturated carbocycles. The Balaban J connectivity index is 2.66. The molecule has 11 heavy (non-hydrogen) atoms. The number of hydrogen-bond donors (Lipinski definition) is 1. The predicted octanol–water partition coefficient (Wildman–Crippen LogP) is 1.28. The molecule has 0 bridgehead atoms. The van der Waals surface area contributed by atoms with Gasteiger partial charge in [-0.1, -0.05) is 6.07 Å². The van der Waals surface area contributed by atoms with Crippen LogP contribution in [-0.4, -0.2) is 11.0 Å². The van der Waals surface area contributed by atoms with Crippen LogP contribution in [-0.2, 0) is 6.42 Å². The molecule has 0 amide bonds. The molecular weight excluding hydrogens is 136 g/mol. The van der Waals surface area contributed by atoms with Crippen molar-refractivity contribution in [3.05, 3.63) is 29.6 Å². The first-order valence-corrected chi connectivity index (χ1v) is 3.85. The highest BCUT2D eigenvalue weighted by molar-refractivity contribution is 5.12. The average molecular weight is 150 g/mol. The lowest BCUT2D eigenvalue weighted by atomic mass is 10.1. The number of nitrogens with two attached hydrogens (primary N) is 1. The van der Waals surface area contributed by atoms with Crippen molar-refractivity contribution in [3.63, 3.8) is 0 Å². The molecule has 0 aliphatic rings. The maximum absolute atomic E-state index is 5.62. The van der Waals surface area contributed by atoms with Crippen molar-refractivity contribution in [2.45, 2.75) is 26.3 Å². The van der Waals surface area contributed by atoms with Crippen molar-refractivity contribution < 1.29 is 0 Å². The van der Waals surface area contributed by atoms with E-state index in [0.717, 1.165) is 12.1 Å². The van der Waals surface area contributed by atoms with E-state index in [2.05, 4.69) is 11.1 Å². The zero-order valence-corrected chi connectivity index (χ0v) is 7.04. The van der Waals surface area contributed by atoms with Gasteiger partial charge in [0.1, 0.15) is 0 Å². The van der Waals surface area contributed by atoms with Crippen LogP contribution in [0.15, 0.2) is 18.3 Å². The first-order valence-electron chi connectivity index (χ1n) is 3.85. The van der Waals surface area contributed by atoms with Crippen LogP contribution < -0.4 is 5.73 Å². The summed E-state index contributed by atoms with van der Waals surface area (Å²) < 4.78 is 0. The average Bonchev–Trinajstić information content (AvgIpc) is 1.93. The molecule has 1 atom stereocenters. The third-order valence-corrected chi connectivity index (χ3v) is 1.50. The largest absolute Gasteiger partial charge is 0.328 e. The smallest absolute Gasteiger partial charge is 0.0419 e. The fraction of sp³-hybridized carbons (Fsp3) is 0.444. The summed E-state index contributed by atoms with van der Waals surface area (Å²) in [7, 11) is 0. The Labute approximate surface area is 67.5 Å². The normalized spacial score (nSPS) is 13.0. The summed E-state index contributed by atoms with van der Waals surface area (Å²) in [5.41, 5.74) is 7.89. The summed E-state index contributed by atoms with van der Waals surface area (Å²) in [6, 6.07) is 4.29. The molecule has 0 aliphatic heterocycles. The van der Waals surface area contributed by atoms with Crippen molar-refractivity contribution in [2.24, 2.45) is 5.73 Å². The van der Waals surface area contributed by atoms with Gasteiger partial charge in [0, 0.05) is 24.4 Å². The zero-order chi connectivity index (χ0) is 8.27. The summed E-state index contributed by atoms with van der Waals surface area (Å²) in [5, 5.41) is 0. The molecule has 0 saturated heterocycles. The third-order valence-electron chi connectivity index (χ3n) is 1.50. The van der Waals surface area contributed by atoms with E-state index in [0.29, 0.717) is 0 Å². The monoisotopic (exact) mass is 150 g/mol. The third kappa shape index (κ3) is 2.68. The van der Waals surface area contributed by atoms with Crippen LogP contribution in [0.1, 0.15) is 18.2 Å². The second-order valence-electron chi connectivity index (χ2n) is 3.01. The lowest BCUT2D eigenvalue weighted by molar-refractivity contribution is 0.722. The van der Waals surface area contributed by atoms with Gasteiger partial charge in [0.2, 0.25) is 0 Å². The van der Waals surface area contributed by atoms with Gasteiger partial charge in [-0.15, -0.1) is 0 Å². The lowest BCUT2D eigenvalue weighted by Crippen LogP contribution is -2.18. The van der Waals surface area contributed by atoms with E-state index in [-0.39, 0.29) is 6.04 Å². The highest BCUT2D eigenvalue weighted by atomic mass is 14.7. The van der Waals surface area contributed by atoms with Crippen LogP contribution in [0.2, 0.25) is 0 Å². The van der Waals surface area contributed by atoms with Crippen molar-refractivity contribution in [1.82, 2.24) is 4.98 Å². The van der Waals surface area contributed by atoms with Crippen molar-refractivity contribution in [2.75, 3.05) is 0 Å². The van der Waals surface area contributed by atoms with E-state index >= 15 is 0 Å². The first kappa shape index (κ1) is 8.21. The summed E-state index contributed by atoms with van der Waals surface area (Å²) in [6.45, 7) is 4.02. The fourth-order valence-corrected chi connectivity index (χ4v) is 0.949. The highest BCUT2D eigenvalue weighted by Gasteiger charge is 1.97. The van der Waals surface area contributed by atoms with E-state index in [1.807, 2.05) is 26.1 Å². The minimum Gasteiger partial charge on any atom is -0.328 e. The molecule has 2 nitrogen and oxygen atoms in total. The Kier molecular flexibility index (Phi) is 2.60. The summed E-state index contributed by atoms with van der Waals surface area (Å²) in [5.74, 6) is 0. The van der Waals surface area contributed by atoms with E-state index in [1.165, 1.54) is 5.56 Å². The van der Waals surface area contributed by atoms with Crippen molar-refractivity contribution in [1.29, 1.82) is 0 Å². The Morgan fingerprint density at radius 2 is 2.27 bits per heavy atom. The first-order chi connectivity index (χ1) is 5.18. The summed E-state index contributed by atoms with van der Waals surface area (Å²) >= 11 is 0. The van der Waals surface area contributed by atoms with E-state index in [9.17, 15) is 0 Å². The van der Waals surface area contributed by atoms with Crippen molar-refractivity contribution >= 4 is 0 Å². The second-order valence-corrected chi connectivity index (χ2v) is 3.01. The molecule has 0 aliphatic carbocycles. The van der Waals surface area contributed by atoms with E-state index in [1.54, 1.807) is 0 Å². The highest BCUT2D eigenvalue weighted by Crippen LogP contribution is 2.00. The molecule has 2 heteroatoms. The van der Waals surface area contributed by atoms with Gasteiger partial charge in [-0.2, -0.15) is 0 Å². The van der Waals surface area contributed by atoms with Gasteiger partial charge in [-0.25, -0.2) is 0 Å². The van der Waals surface area contributed by atoms with Crippen LogP contribution in [0.4, 0.5) is 0 Å². The Morgan fingerprint density at radius 1 is 1.55 bits per heavy atom. The van der Waals surface area contributed by atoms with Gasteiger partial charge in [-0.05, 0) is 25.5 Å². The molecule has 1 aromatic heterocycles. The molecule has 0 spiro atoms. The fourth-order valence-electron chi connectivity index (χ4n) is 0.949. The van der Waals surface area contributed by atoms with Crippen molar-refractivity contribution in [3.8, 4) is 0 Å². The SMILES string of the molecule is Cc1ccc(C[C@@H](C)N)nc1. The Hall–Kier alpha value is -0.890. The number of aromatic nitrogens is 1. The molecule has 0 fully saturated rings. The van der Waals surface area contributed by atoms with Gasteiger partial charge in [-0.3, -0.25) is 4.98 Å². The van der Waals surface area contributed by atoms with Crippen LogP contribution in [0.25, 0.3) is 0 Å². The van der Waals surface area contributed by atoms with Crippen LogP contribution in [0.5, 0.6) is 0 Å². The number of hydrogen-bond acceptors (Lipinski definition) is 2. The number of aryl methyl sites for hydroxylation is 1. The molecule has 60 valence electrons. The molecule has 1 rings (SSSR count). The minimum atomic E-state index is 0.199. The second kappa shape index (κ2) is 3.49. The zero-order valence-electron chi connectivity index (χ0n) is 7.04. The summed E-state index contributed by atoms with van der Waals surface area (Å²) in [6.07, 6.45) is 2.73. The lowest BCUT2D eigenvalue weighted by Gasteiger charge is -2.03. The maximum atomic E-state index is 5.62. The van der Waals surface area contributed by atoms with Gasteiger partial charge >= 0.3 is 0 Å². The van der Waals surface area contributed by atoms with Gasteiger partial charge in [0.15, 0.2) is 0 Å². The van der Waals surface area contributed by atoms with Gasteiger partial charge < -0.3 is 5.73 Å². The van der Waals surface area contributed by atoms with Crippen LogP contribution in [0, 0.1) is 6.92 Å². The topological polar surface area (TPSA) is 38.9 Å². The maximum Gasteiger partial charge on any atom is 0.0419 e. The summed E-state index contributed by atoms with van der Waals surface area (Å²) in [4.78, 5) is 4.24. The van der Waals surface area contributed by atoms with E-state index < -0.39 is 0 Å². The number of rotatable bonds is 2. The molecule has 0 unspecified atom stereocenters. The van der Waals surface area contributed by atoms with Crippen LogP contribution in [0.3, 0.4) is 0 Å². The molecule has 2 N–H and O–H groups in total. The number of nitrogens with zero attached hydrogens (tertiary/aromatic N) is 1. The standard InChI is InChI=1S/C9H14N2/c1-7-3-4-9(11-6-7)5-8(2)10/h3-4,6,8H,5,10H2,1-2H3/t8-/m1/s1. The quantitative estimate of drug-likeness (QED) is 0.689. The Morgan fingerprint density at radius 3 is 2.73 bits per heavy atom.